The summed E-state index contributed by atoms with van der Waals surface area (Å²) in [6.07, 6.45) is 1.12. The fourth-order valence-corrected chi connectivity index (χ4v) is 2.43. The lowest BCUT2D eigenvalue weighted by atomic mass is 10.2. The summed E-state index contributed by atoms with van der Waals surface area (Å²) in [6.45, 7) is 1.85. The Morgan fingerprint density at radius 3 is 2.57 bits per heavy atom. The van der Waals surface area contributed by atoms with E-state index in [-0.39, 0.29) is 30.3 Å². The third kappa shape index (κ3) is 6.73. The molecule has 0 aromatic heterocycles. The van der Waals surface area contributed by atoms with E-state index in [0.29, 0.717) is 16.9 Å². The van der Waals surface area contributed by atoms with Crippen molar-refractivity contribution in [2.45, 2.75) is 24.7 Å². The third-order valence-electron chi connectivity index (χ3n) is 2.92. The molecule has 0 aliphatic heterocycles. The molecule has 0 saturated heterocycles. The maximum Gasteiger partial charge on any atom is 0.306 e. The number of hydrogen-bond donors (Lipinski definition) is 1. The maximum atomic E-state index is 12.2. The number of ether oxygens (including phenoxy) is 1. The first-order valence-electron chi connectivity index (χ1n) is 7.31. The molecule has 0 heterocycles. The number of benzene rings is 1. The fourth-order valence-electron chi connectivity index (χ4n) is 1.62. The summed E-state index contributed by atoms with van der Waals surface area (Å²) >= 11 is 1.27. The number of nitrogens with zero attached hydrogens (tertiary/aromatic N) is 1. The van der Waals surface area contributed by atoms with Gasteiger partial charge in [-0.1, -0.05) is 30.8 Å². The van der Waals surface area contributed by atoms with E-state index in [1.165, 1.54) is 16.7 Å². The molecule has 0 spiro atoms. The molecule has 0 saturated carbocycles. The number of likely N-dealkylation sites (N-methyl/N-ethyl adjacent to an activating group) is 1. The van der Waals surface area contributed by atoms with E-state index >= 15 is 0 Å². The van der Waals surface area contributed by atoms with Crippen molar-refractivity contribution in [2.75, 3.05) is 26.6 Å². The van der Waals surface area contributed by atoms with Crippen LogP contribution in [-0.4, -0.2) is 49.3 Å². The van der Waals surface area contributed by atoms with Gasteiger partial charge in [0.2, 0.25) is 5.91 Å². The summed E-state index contributed by atoms with van der Waals surface area (Å²) < 4.78 is 5.08. The molecule has 6 nitrogen and oxygen atoms in total. The molecule has 0 aliphatic carbocycles. The quantitative estimate of drug-likeness (QED) is 0.445. The second-order valence-electron chi connectivity index (χ2n) is 5.00. The molecule has 1 N–H and O–H groups in total. The predicted molar refractivity (Wildman–Crippen MR) is 89.2 cm³/mol. The number of hydrogen-bond acceptors (Lipinski definition) is 5. The highest BCUT2D eigenvalue weighted by Gasteiger charge is 2.13. The monoisotopic (exact) mass is 338 g/mol. The van der Waals surface area contributed by atoms with Crippen LogP contribution in [0.15, 0.2) is 29.2 Å². The van der Waals surface area contributed by atoms with E-state index in [2.05, 4.69) is 5.32 Å². The number of carbonyl (C=O) groups excluding carboxylic acids is 3. The predicted octanol–water partition coefficient (Wildman–Crippen LogP) is 1.90. The highest BCUT2D eigenvalue weighted by molar-refractivity contribution is 7.99. The fraction of sp³-hybridized carbons (Fsp3) is 0.438. The standard InChI is InChI=1S/C16H22N2O4S/c1-4-7-15(20)22-11-23-13-9-6-5-8-12(13)16(21)17-10-14(19)18(2)3/h5-6,8-9H,4,7,10-11H2,1-3H3,(H,17,21). The number of esters is 1. The molecule has 2 amide bonds. The van der Waals surface area contributed by atoms with Crippen molar-refractivity contribution in [2.24, 2.45) is 0 Å². The van der Waals surface area contributed by atoms with Gasteiger partial charge in [0.25, 0.3) is 5.91 Å². The van der Waals surface area contributed by atoms with Crippen LogP contribution in [0.1, 0.15) is 30.1 Å². The Morgan fingerprint density at radius 1 is 1.22 bits per heavy atom. The molecular weight excluding hydrogens is 316 g/mol. The van der Waals surface area contributed by atoms with Crippen molar-refractivity contribution < 1.29 is 19.1 Å². The van der Waals surface area contributed by atoms with Crippen molar-refractivity contribution in [1.82, 2.24) is 10.2 Å². The van der Waals surface area contributed by atoms with Crippen LogP contribution >= 0.6 is 11.8 Å². The zero-order chi connectivity index (χ0) is 17.2. The van der Waals surface area contributed by atoms with Crippen LogP contribution in [0.2, 0.25) is 0 Å². The normalized spacial score (nSPS) is 10.0. The van der Waals surface area contributed by atoms with Gasteiger partial charge in [0.15, 0.2) is 0 Å². The summed E-state index contributed by atoms with van der Waals surface area (Å²) in [4.78, 5) is 37.2. The molecule has 1 aromatic carbocycles. The first-order valence-corrected chi connectivity index (χ1v) is 8.30. The van der Waals surface area contributed by atoms with Crippen LogP contribution in [0.5, 0.6) is 0 Å². The number of thioether (sulfide) groups is 1. The van der Waals surface area contributed by atoms with Crippen molar-refractivity contribution in [1.29, 1.82) is 0 Å². The van der Waals surface area contributed by atoms with Gasteiger partial charge in [-0.25, -0.2) is 0 Å². The average Bonchev–Trinajstić information content (AvgIpc) is 2.52. The molecule has 1 rings (SSSR count). The first-order chi connectivity index (χ1) is 11.0. The van der Waals surface area contributed by atoms with Gasteiger partial charge in [0.1, 0.15) is 5.94 Å². The number of amides is 2. The SMILES string of the molecule is CCCC(=O)OCSc1ccccc1C(=O)NCC(=O)N(C)C. The average molecular weight is 338 g/mol. The van der Waals surface area contributed by atoms with Crippen LogP contribution in [0.3, 0.4) is 0 Å². The van der Waals surface area contributed by atoms with Gasteiger partial charge in [0, 0.05) is 25.4 Å². The van der Waals surface area contributed by atoms with Gasteiger partial charge < -0.3 is 15.0 Å². The van der Waals surface area contributed by atoms with E-state index in [1.54, 1.807) is 38.4 Å². The molecule has 1 aromatic rings. The Hall–Kier alpha value is -2.02. The maximum absolute atomic E-state index is 12.2. The Kier molecular flexibility index (Phi) is 8.18. The Labute approximate surface area is 140 Å². The van der Waals surface area contributed by atoms with E-state index in [4.69, 9.17) is 4.74 Å². The lowest BCUT2D eigenvalue weighted by Gasteiger charge is -2.12. The summed E-state index contributed by atoms with van der Waals surface area (Å²) in [7, 11) is 3.26. The van der Waals surface area contributed by atoms with E-state index in [0.717, 1.165) is 6.42 Å². The zero-order valence-corrected chi connectivity index (χ0v) is 14.4. The highest BCUT2D eigenvalue weighted by atomic mass is 32.2. The summed E-state index contributed by atoms with van der Waals surface area (Å²) in [5, 5.41) is 2.59. The Balaban J connectivity index is 2.60. The summed E-state index contributed by atoms with van der Waals surface area (Å²) in [5.41, 5.74) is 0.454. The van der Waals surface area contributed by atoms with Crippen LogP contribution in [0, 0.1) is 0 Å². The number of carbonyl (C=O) groups is 3. The van der Waals surface area contributed by atoms with E-state index in [9.17, 15) is 14.4 Å². The molecule has 0 aliphatic rings. The van der Waals surface area contributed by atoms with Crippen molar-refractivity contribution in [3.8, 4) is 0 Å². The number of rotatable bonds is 8. The summed E-state index contributed by atoms with van der Waals surface area (Å²) in [5.74, 6) is -0.613. The topological polar surface area (TPSA) is 75.7 Å². The largest absolute Gasteiger partial charge is 0.454 e. The van der Waals surface area contributed by atoms with Gasteiger partial charge in [-0.15, -0.1) is 0 Å². The smallest absolute Gasteiger partial charge is 0.306 e. The van der Waals surface area contributed by atoms with Crippen LogP contribution in [0.4, 0.5) is 0 Å². The third-order valence-corrected chi connectivity index (χ3v) is 3.82. The van der Waals surface area contributed by atoms with Crippen molar-refractivity contribution in [3.05, 3.63) is 29.8 Å². The second-order valence-corrected chi connectivity index (χ2v) is 5.96. The molecule has 23 heavy (non-hydrogen) atoms. The van der Waals surface area contributed by atoms with E-state index < -0.39 is 0 Å². The highest BCUT2D eigenvalue weighted by Crippen LogP contribution is 2.22. The van der Waals surface area contributed by atoms with Crippen molar-refractivity contribution in [3.63, 3.8) is 0 Å². The Bertz CT molecular complexity index is 561. The molecule has 126 valence electrons. The molecule has 7 heteroatoms. The minimum Gasteiger partial charge on any atom is -0.454 e. The molecule has 0 radical (unpaired) electrons. The molecule has 0 unspecified atom stereocenters. The van der Waals surface area contributed by atoms with Crippen LogP contribution in [-0.2, 0) is 14.3 Å². The van der Waals surface area contributed by atoms with Gasteiger partial charge in [-0.3, -0.25) is 14.4 Å². The molecule has 0 bridgehead atoms. The minimum atomic E-state index is -0.330. The number of nitrogens with one attached hydrogen (secondary N) is 1. The Morgan fingerprint density at radius 2 is 1.91 bits per heavy atom. The molecule has 0 atom stereocenters. The van der Waals surface area contributed by atoms with E-state index in [1.807, 2.05) is 6.92 Å². The second kappa shape index (κ2) is 9.89. The minimum absolute atomic E-state index is 0.0592. The molecule has 0 fully saturated rings. The van der Waals surface area contributed by atoms with Crippen molar-refractivity contribution >= 4 is 29.5 Å². The van der Waals surface area contributed by atoms with Crippen LogP contribution in [0.25, 0.3) is 0 Å². The zero-order valence-electron chi connectivity index (χ0n) is 13.6. The summed E-state index contributed by atoms with van der Waals surface area (Å²) in [6, 6.07) is 7.00. The lowest BCUT2D eigenvalue weighted by molar-refractivity contribution is -0.141. The van der Waals surface area contributed by atoms with Gasteiger partial charge in [0.05, 0.1) is 12.1 Å². The van der Waals surface area contributed by atoms with Gasteiger partial charge in [-0.05, 0) is 18.6 Å². The first kappa shape index (κ1) is 19.0. The van der Waals surface area contributed by atoms with Crippen LogP contribution < -0.4 is 5.32 Å². The van der Waals surface area contributed by atoms with Gasteiger partial charge in [-0.2, -0.15) is 0 Å². The van der Waals surface area contributed by atoms with Gasteiger partial charge >= 0.3 is 5.97 Å². The lowest BCUT2D eigenvalue weighted by Crippen LogP contribution is -2.36. The molecular formula is C16H22N2O4S.